The molecule has 0 aliphatic heterocycles. The van der Waals surface area contributed by atoms with Crippen molar-refractivity contribution in [3.05, 3.63) is 12.7 Å². The van der Waals surface area contributed by atoms with E-state index in [9.17, 15) is 9.59 Å². The molecule has 0 bridgehead atoms. The molecule has 0 radical (unpaired) electrons. The lowest BCUT2D eigenvalue weighted by Gasteiger charge is -2.24. The Hall–Kier alpha value is -1.36. The van der Waals surface area contributed by atoms with Crippen molar-refractivity contribution in [2.75, 3.05) is 20.3 Å². The Labute approximate surface area is 95.4 Å². The minimum Gasteiger partial charge on any atom is -0.466 e. The van der Waals surface area contributed by atoms with Gasteiger partial charge < -0.3 is 14.2 Å². The van der Waals surface area contributed by atoms with Crippen LogP contribution in [0.25, 0.3) is 0 Å². The number of hydrogen-bond donors (Lipinski definition) is 0. The summed E-state index contributed by atoms with van der Waals surface area (Å²) in [5, 5.41) is 0. The van der Waals surface area contributed by atoms with E-state index in [1.54, 1.807) is 13.0 Å². The lowest BCUT2D eigenvalue weighted by molar-refractivity contribution is -0.186. The number of methoxy groups -OCH3 is 1. The Morgan fingerprint density at radius 1 is 1.38 bits per heavy atom. The Morgan fingerprint density at radius 3 is 2.44 bits per heavy atom. The van der Waals surface area contributed by atoms with E-state index in [0.717, 1.165) is 0 Å². The standard InChI is InChI=1S/C11H18O5/c1-5-7-8-16-11(3,9(12)14-4)10(13)15-6-2/h5H,1,6-8H2,2-4H3. The van der Waals surface area contributed by atoms with Gasteiger partial charge in [0.25, 0.3) is 5.60 Å². The largest absolute Gasteiger partial charge is 0.466 e. The SMILES string of the molecule is C=CCCOC(C)(C(=O)OC)C(=O)OCC. The van der Waals surface area contributed by atoms with Gasteiger partial charge in [-0.1, -0.05) is 6.08 Å². The van der Waals surface area contributed by atoms with Crippen LogP contribution in [0.5, 0.6) is 0 Å². The molecule has 0 saturated carbocycles. The molecular weight excluding hydrogens is 212 g/mol. The molecule has 0 fully saturated rings. The average molecular weight is 230 g/mol. The summed E-state index contributed by atoms with van der Waals surface area (Å²) in [6.07, 6.45) is 2.16. The number of ether oxygens (including phenoxy) is 3. The minimum absolute atomic E-state index is 0.177. The van der Waals surface area contributed by atoms with Crippen LogP contribution < -0.4 is 0 Å². The van der Waals surface area contributed by atoms with E-state index in [-0.39, 0.29) is 13.2 Å². The van der Waals surface area contributed by atoms with Crippen molar-refractivity contribution in [2.45, 2.75) is 25.9 Å². The third kappa shape index (κ3) is 3.66. The number of esters is 2. The van der Waals surface area contributed by atoms with Gasteiger partial charge in [-0.25, -0.2) is 9.59 Å². The van der Waals surface area contributed by atoms with E-state index in [1.165, 1.54) is 14.0 Å². The monoisotopic (exact) mass is 230 g/mol. The predicted molar refractivity (Wildman–Crippen MR) is 57.8 cm³/mol. The summed E-state index contributed by atoms with van der Waals surface area (Å²) in [7, 11) is 1.19. The van der Waals surface area contributed by atoms with E-state index in [0.29, 0.717) is 6.42 Å². The molecule has 0 saturated heterocycles. The van der Waals surface area contributed by atoms with Crippen molar-refractivity contribution in [2.24, 2.45) is 0 Å². The van der Waals surface area contributed by atoms with E-state index in [1.807, 2.05) is 0 Å². The third-order valence-electron chi connectivity index (χ3n) is 1.95. The summed E-state index contributed by atoms with van der Waals surface area (Å²) in [5.74, 6) is -1.51. The Balaban J connectivity index is 4.66. The molecule has 0 rings (SSSR count). The molecule has 0 heterocycles. The minimum atomic E-state index is -1.70. The highest BCUT2D eigenvalue weighted by atomic mass is 16.6. The highest BCUT2D eigenvalue weighted by Gasteiger charge is 2.45. The van der Waals surface area contributed by atoms with Gasteiger partial charge in [0, 0.05) is 0 Å². The fraction of sp³-hybridized carbons (Fsp3) is 0.636. The van der Waals surface area contributed by atoms with Gasteiger partial charge in [0.2, 0.25) is 0 Å². The average Bonchev–Trinajstić information content (AvgIpc) is 2.28. The van der Waals surface area contributed by atoms with Crippen LogP contribution in [0.2, 0.25) is 0 Å². The molecule has 1 atom stereocenters. The van der Waals surface area contributed by atoms with E-state index >= 15 is 0 Å². The van der Waals surface area contributed by atoms with Gasteiger partial charge >= 0.3 is 11.9 Å². The summed E-state index contributed by atoms with van der Waals surface area (Å²) in [4.78, 5) is 23.1. The molecule has 5 heteroatoms. The second-order valence-corrected chi connectivity index (χ2v) is 3.17. The normalized spacial score (nSPS) is 13.7. The number of rotatable bonds is 7. The summed E-state index contributed by atoms with van der Waals surface area (Å²) in [6.45, 7) is 6.88. The second kappa shape index (κ2) is 7.00. The van der Waals surface area contributed by atoms with Gasteiger partial charge in [-0.15, -0.1) is 6.58 Å². The van der Waals surface area contributed by atoms with Crippen molar-refractivity contribution >= 4 is 11.9 Å². The molecule has 0 aromatic rings. The molecular formula is C11H18O5. The number of carbonyl (C=O) groups excluding carboxylic acids is 2. The molecule has 0 aliphatic carbocycles. The summed E-state index contributed by atoms with van der Waals surface area (Å²) in [6, 6.07) is 0. The van der Waals surface area contributed by atoms with Crippen LogP contribution in [0.4, 0.5) is 0 Å². The molecule has 0 N–H and O–H groups in total. The van der Waals surface area contributed by atoms with Crippen molar-refractivity contribution in [1.82, 2.24) is 0 Å². The van der Waals surface area contributed by atoms with Crippen LogP contribution in [0.1, 0.15) is 20.3 Å². The molecule has 16 heavy (non-hydrogen) atoms. The quantitative estimate of drug-likeness (QED) is 0.283. The smallest absolute Gasteiger partial charge is 0.349 e. The summed E-state index contributed by atoms with van der Waals surface area (Å²) < 4.78 is 14.5. The first-order valence-electron chi connectivity index (χ1n) is 5.03. The molecule has 0 aromatic carbocycles. The first kappa shape index (κ1) is 14.6. The van der Waals surface area contributed by atoms with E-state index < -0.39 is 17.5 Å². The van der Waals surface area contributed by atoms with Crippen LogP contribution >= 0.6 is 0 Å². The predicted octanol–water partition coefficient (Wildman–Crippen LogP) is 1.07. The first-order valence-corrected chi connectivity index (χ1v) is 5.03. The van der Waals surface area contributed by atoms with Crippen molar-refractivity contribution < 1.29 is 23.8 Å². The highest BCUT2D eigenvalue weighted by Crippen LogP contribution is 2.15. The Morgan fingerprint density at radius 2 is 2.00 bits per heavy atom. The van der Waals surface area contributed by atoms with Crippen molar-refractivity contribution in [3.63, 3.8) is 0 Å². The molecule has 92 valence electrons. The fourth-order valence-corrected chi connectivity index (χ4v) is 1.01. The number of hydrogen-bond acceptors (Lipinski definition) is 5. The lowest BCUT2D eigenvalue weighted by atomic mass is 10.1. The van der Waals surface area contributed by atoms with Gasteiger partial charge in [0.15, 0.2) is 0 Å². The van der Waals surface area contributed by atoms with Crippen LogP contribution in [0.15, 0.2) is 12.7 Å². The van der Waals surface area contributed by atoms with Gasteiger partial charge in [0.1, 0.15) is 0 Å². The molecule has 0 aliphatic rings. The first-order chi connectivity index (χ1) is 7.52. The summed E-state index contributed by atoms with van der Waals surface area (Å²) >= 11 is 0. The van der Waals surface area contributed by atoms with Gasteiger partial charge in [-0.3, -0.25) is 0 Å². The van der Waals surface area contributed by atoms with E-state index in [2.05, 4.69) is 11.3 Å². The van der Waals surface area contributed by atoms with Gasteiger partial charge in [0.05, 0.1) is 20.3 Å². The van der Waals surface area contributed by atoms with Crippen molar-refractivity contribution in [3.8, 4) is 0 Å². The van der Waals surface area contributed by atoms with Crippen molar-refractivity contribution in [1.29, 1.82) is 0 Å². The maximum atomic E-state index is 11.6. The fourth-order valence-electron chi connectivity index (χ4n) is 1.01. The van der Waals surface area contributed by atoms with Gasteiger partial charge in [-0.2, -0.15) is 0 Å². The van der Waals surface area contributed by atoms with E-state index in [4.69, 9.17) is 9.47 Å². The molecule has 0 spiro atoms. The zero-order valence-electron chi connectivity index (χ0n) is 9.95. The maximum Gasteiger partial charge on any atom is 0.349 e. The zero-order valence-corrected chi connectivity index (χ0v) is 9.95. The summed E-state index contributed by atoms with van der Waals surface area (Å²) in [5.41, 5.74) is -1.70. The zero-order chi connectivity index (χ0) is 12.6. The van der Waals surface area contributed by atoms with Gasteiger partial charge in [-0.05, 0) is 20.3 Å². The molecule has 0 aromatic heterocycles. The van der Waals surface area contributed by atoms with Crippen LogP contribution in [-0.4, -0.2) is 37.9 Å². The van der Waals surface area contributed by atoms with Crippen LogP contribution in [0.3, 0.4) is 0 Å². The number of carbonyl (C=O) groups is 2. The second-order valence-electron chi connectivity index (χ2n) is 3.17. The molecule has 0 amide bonds. The molecule has 1 unspecified atom stereocenters. The highest BCUT2D eigenvalue weighted by molar-refractivity contribution is 6.03. The van der Waals surface area contributed by atoms with Crippen LogP contribution in [0, 0.1) is 0 Å². The maximum absolute atomic E-state index is 11.6. The third-order valence-corrected chi connectivity index (χ3v) is 1.95. The topological polar surface area (TPSA) is 61.8 Å². The van der Waals surface area contributed by atoms with Crippen LogP contribution in [-0.2, 0) is 23.8 Å². The Bertz CT molecular complexity index is 261. The Kier molecular flexibility index (Phi) is 6.41. The lowest BCUT2D eigenvalue weighted by Crippen LogP contribution is -2.48. The molecule has 5 nitrogen and oxygen atoms in total.